The third-order valence-electron chi connectivity index (χ3n) is 2.39. The maximum Gasteiger partial charge on any atom is 0.311 e. The smallest absolute Gasteiger partial charge is 0.311 e. The normalized spacial score (nSPS) is 10.4. The molecule has 0 aliphatic heterocycles. The Morgan fingerprint density at radius 2 is 2.32 bits per heavy atom. The first kappa shape index (κ1) is 13.3. The number of pyridine rings is 1. The first-order valence-corrected chi connectivity index (χ1v) is 5.96. The van der Waals surface area contributed by atoms with Crippen molar-refractivity contribution in [3.05, 3.63) is 45.2 Å². The van der Waals surface area contributed by atoms with Crippen molar-refractivity contribution in [3.63, 3.8) is 0 Å². The first-order valence-electron chi connectivity index (χ1n) is 5.58. The Morgan fingerprint density at radius 1 is 1.53 bits per heavy atom. The molecule has 0 amide bonds. The van der Waals surface area contributed by atoms with Gasteiger partial charge in [-0.2, -0.15) is 0 Å². The summed E-state index contributed by atoms with van der Waals surface area (Å²) in [4.78, 5) is 18.2. The summed E-state index contributed by atoms with van der Waals surface area (Å²) < 4.78 is 5.38. The second-order valence-corrected chi connectivity index (χ2v) is 4.07. The number of nitrogens with zero attached hydrogens (tertiary/aromatic N) is 3. The Hall–Kier alpha value is -2.15. The third kappa shape index (κ3) is 3.19. The molecule has 0 aromatic carbocycles. The van der Waals surface area contributed by atoms with Gasteiger partial charge in [-0.3, -0.25) is 10.1 Å². The van der Waals surface area contributed by atoms with Gasteiger partial charge in [0, 0.05) is 12.5 Å². The van der Waals surface area contributed by atoms with E-state index in [1.807, 2.05) is 6.92 Å². The van der Waals surface area contributed by atoms with Gasteiger partial charge in [0.25, 0.3) is 0 Å². The van der Waals surface area contributed by atoms with Gasteiger partial charge in [-0.05, 0) is 6.07 Å². The number of oxazole rings is 1. The van der Waals surface area contributed by atoms with E-state index in [1.54, 1.807) is 6.20 Å². The Kier molecular flexibility index (Phi) is 3.96. The summed E-state index contributed by atoms with van der Waals surface area (Å²) in [5.41, 5.74) is -0.147. The fourth-order valence-electron chi connectivity index (χ4n) is 1.46. The Morgan fingerprint density at radius 3 is 2.95 bits per heavy atom. The lowest BCUT2D eigenvalue weighted by molar-refractivity contribution is -0.384. The number of anilines is 1. The summed E-state index contributed by atoms with van der Waals surface area (Å²) in [5, 5.41) is 13.8. The number of halogens is 1. The minimum atomic E-state index is -0.529. The zero-order valence-corrected chi connectivity index (χ0v) is 10.8. The molecule has 2 aromatic rings. The lowest BCUT2D eigenvalue weighted by atomic mass is 10.4. The van der Waals surface area contributed by atoms with Gasteiger partial charge < -0.3 is 9.73 Å². The standard InChI is InChI=1S/C11H11ClN4O3/c1-2-7-5-13-10(19-7)6-14-11-8(16(17)18)3-4-9(12)15-11/h3-5H,2,6H2,1H3,(H,14,15). The van der Waals surface area contributed by atoms with Crippen molar-refractivity contribution in [1.29, 1.82) is 0 Å². The van der Waals surface area contributed by atoms with Gasteiger partial charge in [0.2, 0.25) is 11.7 Å². The van der Waals surface area contributed by atoms with Gasteiger partial charge in [0.1, 0.15) is 10.9 Å². The molecule has 19 heavy (non-hydrogen) atoms. The molecule has 100 valence electrons. The summed E-state index contributed by atoms with van der Waals surface area (Å²) in [6.45, 7) is 2.15. The van der Waals surface area contributed by atoms with Crippen LogP contribution in [0.4, 0.5) is 11.5 Å². The van der Waals surface area contributed by atoms with Gasteiger partial charge in [-0.25, -0.2) is 9.97 Å². The fourth-order valence-corrected chi connectivity index (χ4v) is 1.61. The molecule has 0 saturated carbocycles. The van der Waals surface area contributed by atoms with Crippen LogP contribution in [0, 0.1) is 10.1 Å². The van der Waals surface area contributed by atoms with Crippen LogP contribution in [0.5, 0.6) is 0 Å². The molecule has 2 rings (SSSR count). The summed E-state index contributed by atoms with van der Waals surface area (Å²) in [6.07, 6.45) is 2.36. The van der Waals surface area contributed by atoms with Crippen molar-refractivity contribution < 1.29 is 9.34 Å². The van der Waals surface area contributed by atoms with Gasteiger partial charge in [-0.1, -0.05) is 18.5 Å². The van der Waals surface area contributed by atoms with Crippen LogP contribution < -0.4 is 5.32 Å². The van der Waals surface area contributed by atoms with Crippen LogP contribution >= 0.6 is 11.6 Å². The average Bonchev–Trinajstić information content (AvgIpc) is 2.84. The van der Waals surface area contributed by atoms with E-state index >= 15 is 0 Å². The molecule has 0 unspecified atom stereocenters. The Bertz CT molecular complexity index is 599. The number of aromatic nitrogens is 2. The number of hydrogen-bond acceptors (Lipinski definition) is 6. The second kappa shape index (κ2) is 5.66. The molecule has 0 bridgehead atoms. The SMILES string of the molecule is CCc1cnc(CNc2nc(Cl)ccc2[N+](=O)[O-])o1. The average molecular weight is 283 g/mol. The largest absolute Gasteiger partial charge is 0.444 e. The zero-order chi connectivity index (χ0) is 13.8. The lowest BCUT2D eigenvalue weighted by Crippen LogP contribution is -2.05. The maximum atomic E-state index is 10.8. The van der Waals surface area contributed by atoms with Crippen molar-refractivity contribution >= 4 is 23.1 Å². The van der Waals surface area contributed by atoms with E-state index in [2.05, 4.69) is 15.3 Å². The molecule has 0 spiro atoms. The molecule has 0 aliphatic carbocycles. The predicted octanol–water partition coefficient (Wildman–Crippen LogP) is 2.81. The topological polar surface area (TPSA) is 94.1 Å². The van der Waals surface area contributed by atoms with Crippen LogP contribution in [0.1, 0.15) is 18.6 Å². The van der Waals surface area contributed by atoms with Crippen LogP contribution in [0.3, 0.4) is 0 Å². The minimum Gasteiger partial charge on any atom is -0.444 e. The quantitative estimate of drug-likeness (QED) is 0.515. The van der Waals surface area contributed by atoms with E-state index in [0.29, 0.717) is 5.89 Å². The van der Waals surface area contributed by atoms with Crippen molar-refractivity contribution in [1.82, 2.24) is 9.97 Å². The van der Waals surface area contributed by atoms with E-state index in [-0.39, 0.29) is 23.2 Å². The van der Waals surface area contributed by atoms with E-state index in [4.69, 9.17) is 16.0 Å². The van der Waals surface area contributed by atoms with Crippen LogP contribution in [-0.4, -0.2) is 14.9 Å². The Labute approximate surface area is 113 Å². The molecule has 1 N–H and O–H groups in total. The van der Waals surface area contributed by atoms with Gasteiger partial charge in [0.05, 0.1) is 17.7 Å². The molecule has 8 heteroatoms. The second-order valence-electron chi connectivity index (χ2n) is 3.69. The first-order chi connectivity index (χ1) is 9.10. The van der Waals surface area contributed by atoms with Crippen LogP contribution in [0.25, 0.3) is 0 Å². The molecule has 0 saturated heterocycles. The monoisotopic (exact) mass is 282 g/mol. The summed E-state index contributed by atoms with van der Waals surface area (Å²) in [7, 11) is 0. The highest BCUT2D eigenvalue weighted by Gasteiger charge is 2.16. The van der Waals surface area contributed by atoms with Crippen molar-refractivity contribution in [2.45, 2.75) is 19.9 Å². The van der Waals surface area contributed by atoms with Crippen molar-refractivity contribution in [3.8, 4) is 0 Å². The molecule has 2 heterocycles. The van der Waals surface area contributed by atoms with Crippen molar-refractivity contribution in [2.75, 3.05) is 5.32 Å². The molecule has 0 aliphatic rings. The molecule has 0 atom stereocenters. The Balaban J connectivity index is 2.14. The van der Waals surface area contributed by atoms with E-state index in [1.165, 1.54) is 12.1 Å². The number of nitro groups is 1. The van der Waals surface area contributed by atoms with E-state index in [9.17, 15) is 10.1 Å². The summed E-state index contributed by atoms with van der Waals surface area (Å²) >= 11 is 5.72. The van der Waals surface area contributed by atoms with Gasteiger partial charge in [0.15, 0.2) is 0 Å². The van der Waals surface area contributed by atoms with Crippen molar-refractivity contribution in [2.24, 2.45) is 0 Å². The highest BCUT2D eigenvalue weighted by molar-refractivity contribution is 6.29. The summed E-state index contributed by atoms with van der Waals surface area (Å²) in [5.74, 6) is 1.28. The van der Waals surface area contributed by atoms with E-state index in [0.717, 1.165) is 12.2 Å². The molecule has 7 nitrogen and oxygen atoms in total. The number of rotatable bonds is 5. The molecule has 2 aromatic heterocycles. The highest BCUT2D eigenvalue weighted by Crippen LogP contribution is 2.24. The number of hydrogen-bond donors (Lipinski definition) is 1. The van der Waals surface area contributed by atoms with Gasteiger partial charge in [-0.15, -0.1) is 0 Å². The van der Waals surface area contributed by atoms with Crippen LogP contribution in [-0.2, 0) is 13.0 Å². The zero-order valence-electron chi connectivity index (χ0n) is 10.1. The van der Waals surface area contributed by atoms with E-state index < -0.39 is 4.92 Å². The van der Waals surface area contributed by atoms with Gasteiger partial charge >= 0.3 is 5.69 Å². The predicted molar refractivity (Wildman–Crippen MR) is 69.1 cm³/mol. The number of nitrogens with one attached hydrogen (secondary N) is 1. The highest BCUT2D eigenvalue weighted by atomic mass is 35.5. The number of aryl methyl sites for hydroxylation is 1. The molecule has 0 radical (unpaired) electrons. The summed E-state index contributed by atoms with van der Waals surface area (Å²) in [6, 6.07) is 2.66. The molecular weight excluding hydrogens is 272 g/mol. The molecule has 0 fully saturated rings. The van der Waals surface area contributed by atoms with Crippen LogP contribution in [0.15, 0.2) is 22.7 Å². The lowest BCUT2D eigenvalue weighted by Gasteiger charge is -2.04. The fraction of sp³-hybridized carbons (Fsp3) is 0.273. The third-order valence-corrected chi connectivity index (χ3v) is 2.60. The molecular formula is C11H11ClN4O3. The van der Waals surface area contributed by atoms with Crippen LogP contribution in [0.2, 0.25) is 5.15 Å². The minimum absolute atomic E-state index is 0.0914. The maximum absolute atomic E-state index is 10.8.